The number of hydrogen-bond acceptors (Lipinski definition) is 4. The second-order valence-electron chi connectivity index (χ2n) is 4.47. The minimum atomic E-state index is -0.617. The predicted octanol–water partition coefficient (Wildman–Crippen LogP) is 4.43. The first-order valence-electron chi connectivity index (χ1n) is 6.39. The minimum absolute atomic E-state index is 0.0334. The highest BCUT2D eigenvalue weighted by atomic mass is 35.5. The Balaban J connectivity index is 1.83. The van der Waals surface area contributed by atoms with Gasteiger partial charge < -0.3 is 4.52 Å². The van der Waals surface area contributed by atoms with Crippen molar-refractivity contribution in [1.29, 1.82) is 0 Å². The van der Waals surface area contributed by atoms with Gasteiger partial charge in [0.25, 0.3) is 5.91 Å². The summed E-state index contributed by atoms with van der Waals surface area (Å²) in [5.41, 5.74) is 0.460. The lowest BCUT2D eigenvalue weighted by atomic mass is 10.1. The highest BCUT2D eigenvalue weighted by molar-refractivity contribution is 6.35. The molecule has 0 spiro atoms. The van der Waals surface area contributed by atoms with E-state index in [1.54, 1.807) is 18.2 Å². The van der Waals surface area contributed by atoms with Crippen LogP contribution in [0.25, 0.3) is 11.3 Å². The van der Waals surface area contributed by atoms with E-state index in [0.29, 0.717) is 0 Å². The Kier molecular flexibility index (Phi) is 4.27. The quantitative estimate of drug-likeness (QED) is 0.708. The van der Waals surface area contributed by atoms with E-state index in [1.807, 2.05) is 0 Å². The highest BCUT2D eigenvalue weighted by Crippen LogP contribution is 2.25. The second-order valence-corrected chi connectivity index (χ2v) is 5.27. The van der Waals surface area contributed by atoms with Crippen LogP contribution in [0.2, 0.25) is 10.2 Å². The van der Waals surface area contributed by atoms with E-state index < -0.39 is 11.7 Å². The topological polar surface area (TPSA) is 68.0 Å². The Morgan fingerprint density at radius 3 is 2.74 bits per heavy atom. The molecule has 0 bridgehead atoms. The van der Waals surface area contributed by atoms with Crippen molar-refractivity contribution >= 4 is 35.0 Å². The van der Waals surface area contributed by atoms with Gasteiger partial charge in [0, 0.05) is 11.6 Å². The molecule has 1 N–H and O–H groups in total. The molecule has 116 valence electrons. The number of carbonyl (C=O) groups excluding carboxylic acids is 1. The van der Waals surface area contributed by atoms with Crippen molar-refractivity contribution in [2.75, 3.05) is 5.32 Å². The number of aromatic nitrogens is 2. The van der Waals surface area contributed by atoms with Gasteiger partial charge in [0.15, 0.2) is 0 Å². The van der Waals surface area contributed by atoms with Gasteiger partial charge in [-0.3, -0.25) is 10.1 Å². The molecule has 0 saturated carbocycles. The summed E-state index contributed by atoms with van der Waals surface area (Å²) in [6.45, 7) is 0. The normalized spacial score (nSPS) is 10.6. The SMILES string of the molecule is O=C(Nc1cc(-c2ccccc2F)no1)c1nc(Cl)ccc1Cl. The number of nitrogens with zero attached hydrogens (tertiary/aromatic N) is 2. The van der Waals surface area contributed by atoms with Gasteiger partial charge in [-0.15, -0.1) is 0 Å². The van der Waals surface area contributed by atoms with Gasteiger partial charge in [0.1, 0.15) is 22.4 Å². The summed E-state index contributed by atoms with van der Waals surface area (Å²) in [5.74, 6) is -1.03. The minimum Gasteiger partial charge on any atom is -0.338 e. The van der Waals surface area contributed by atoms with Gasteiger partial charge >= 0.3 is 0 Å². The van der Waals surface area contributed by atoms with Crippen LogP contribution in [0.4, 0.5) is 10.3 Å². The molecule has 2 aromatic heterocycles. The molecule has 5 nitrogen and oxygen atoms in total. The van der Waals surface area contributed by atoms with Crippen molar-refractivity contribution in [3.05, 3.63) is 64.2 Å². The standard InChI is InChI=1S/C15H8Cl2FN3O2/c16-9-5-6-12(17)19-14(9)15(22)20-13-7-11(21-23-13)8-3-1-2-4-10(8)18/h1-7H,(H,20,22). The van der Waals surface area contributed by atoms with E-state index in [1.165, 1.54) is 24.3 Å². The van der Waals surface area contributed by atoms with Crippen LogP contribution in [0.1, 0.15) is 10.5 Å². The summed E-state index contributed by atoms with van der Waals surface area (Å²) in [6, 6.07) is 10.4. The van der Waals surface area contributed by atoms with Crippen molar-refractivity contribution < 1.29 is 13.7 Å². The van der Waals surface area contributed by atoms with Gasteiger partial charge in [-0.2, -0.15) is 0 Å². The zero-order chi connectivity index (χ0) is 16.4. The van der Waals surface area contributed by atoms with Crippen molar-refractivity contribution in [3.8, 4) is 11.3 Å². The summed E-state index contributed by atoms with van der Waals surface area (Å²) >= 11 is 11.6. The van der Waals surface area contributed by atoms with Crippen LogP contribution in [0.3, 0.4) is 0 Å². The van der Waals surface area contributed by atoms with Crippen LogP contribution in [-0.4, -0.2) is 16.0 Å². The molecule has 0 aliphatic rings. The average Bonchev–Trinajstić information content (AvgIpc) is 2.98. The van der Waals surface area contributed by atoms with Crippen molar-refractivity contribution in [2.24, 2.45) is 0 Å². The van der Waals surface area contributed by atoms with Crippen LogP contribution in [0.15, 0.2) is 47.0 Å². The Labute approximate surface area is 140 Å². The molecular weight excluding hydrogens is 344 g/mol. The zero-order valence-corrected chi connectivity index (χ0v) is 12.9. The molecular formula is C15H8Cl2FN3O2. The van der Waals surface area contributed by atoms with Gasteiger partial charge in [0.05, 0.1) is 5.02 Å². The first kappa shape index (κ1) is 15.5. The van der Waals surface area contributed by atoms with E-state index in [2.05, 4.69) is 15.5 Å². The third-order valence-corrected chi connectivity index (χ3v) is 3.44. The molecule has 3 aromatic rings. The molecule has 1 amide bonds. The number of hydrogen-bond donors (Lipinski definition) is 1. The van der Waals surface area contributed by atoms with Crippen molar-refractivity contribution in [3.63, 3.8) is 0 Å². The maximum atomic E-state index is 13.7. The summed E-state index contributed by atoms with van der Waals surface area (Å²) in [5, 5.41) is 6.43. The molecule has 0 saturated heterocycles. The fourth-order valence-electron chi connectivity index (χ4n) is 1.88. The maximum Gasteiger partial charge on any atom is 0.278 e. The third kappa shape index (κ3) is 3.33. The summed E-state index contributed by atoms with van der Waals surface area (Å²) in [6.07, 6.45) is 0. The number of benzene rings is 1. The molecule has 1 aromatic carbocycles. The van der Waals surface area contributed by atoms with Crippen LogP contribution in [-0.2, 0) is 0 Å². The summed E-state index contributed by atoms with van der Waals surface area (Å²) in [4.78, 5) is 16.0. The molecule has 0 aliphatic heterocycles. The molecule has 0 aliphatic carbocycles. The van der Waals surface area contributed by atoms with Crippen LogP contribution in [0, 0.1) is 5.82 Å². The third-order valence-electron chi connectivity index (χ3n) is 2.92. The maximum absolute atomic E-state index is 13.7. The zero-order valence-electron chi connectivity index (χ0n) is 11.4. The van der Waals surface area contributed by atoms with Crippen molar-refractivity contribution in [2.45, 2.75) is 0 Å². The van der Waals surface area contributed by atoms with E-state index in [0.717, 1.165) is 0 Å². The largest absolute Gasteiger partial charge is 0.338 e. The monoisotopic (exact) mass is 351 g/mol. The second kappa shape index (κ2) is 6.36. The molecule has 0 atom stereocenters. The first-order chi connectivity index (χ1) is 11.0. The number of halogens is 3. The van der Waals surface area contributed by atoms with Crippen LogP contribution >= 0.6 is 23.2 Å². The molecule has 0 radical (unpaired) electrons. The summed E-state index contributed by atoms with van der Waals surface area (Å²) in [7, 11) is 0. The lowest BCUT2D eigenvalue weighted by Crippen LogP contribution is -2.13. The van der Waals surface area contributed by atoms with E-state index in [-0.39, 0.29) is 33.0 Å². The summed E-state index contributed by atoms with van der Waals surface area (Å²) < 4.78 is 18.7. The fourth-order valence-corrected chi connectivity index (χ4v) is 2.22. The Hall–Kier alpha value is -2.44. The van der Waals surface area contributed by atoms with Crippen LogP contribution in [0.5, 0.6) is 0 Å². The number of anilines is 1. The van der Waals surface area contributed by atoms with Gasteiger partial charge in [-0.1, -0.05) is 40.5 Å². The average molecular weight is 352 g/mol. The van der Waals surface area contributed by atoms with Crippen molar-refractivity contribution in [1.82, 2.24) is 10.1 Å². The number of carbonyl (C=O) groups is 1. The molecule has 3 rings (SSSR count). The van der Waals surface area contributed by atoms with E-state index in [9.17, 15) is 9.18 Å². The smallest absolute Gasteiger partial charge is 0.278 e. The number of amides is 1. The van der Waals surface area contributed by atoms with Crippen LogP contribution < -0.4 is 5.32 Å². The lowest BCUT2D eigenvalue weighted by molar-refractivity contribution is 0.101. The fraction of sp³-hybridized carbons (Fsp3) is 0. The molecule has 0 unspecified atom stereocenters. The first-order valence-corrected chi connectivity index (χ1v) is 7.15. The molecule has 2 heterocycles. The highest BCUT2D eigenvalue weighted by Gasteiger charge is 2.17. The molecule has 0 fully saturated rings. The number of pyridine rings is 1. The molecule has 8 heteroatoms. The van der Waals surface area contributed by atoms with Gasteiger partial charge in [0.2, 0.25) is 5.88 Å². The van der Waals surface area contributed by atoms with Gasteiger partial charge in [-0.25, -0.2) is 9.37 Å². The predicted molar refractivity (Wildman–Crippen MR) is 84.1 cm³/mol. The Morgan fingerprint density at radius 1 is 1.17 bits per heavy atom. The van der Waals surface area contributed by atoms with E-state index >= 15 is 0 Å². The Bertz CT molecular complexity index is 883. The van der Waals surface area contributed by atoms with Gasteiger partial charge in [-0.05, 0) is 24.3 Å². The number of rotatable bonds is 3. The van der Waals surface area contributed by atoms with E-state index in [4.69, 9.17) is 27.7 Å². The lowest BCUT2D eigenvalue weighted by Gasteiger charge is -2.02. The molecule has 23 heavy (non-hydrogen) atoms. The Morgan fingerprint density at radius 2 is 1.96 bits per heavy atom. The number of nitrogens with one attached hydrogen (secondary N) is 1.